The minimum Gasteiger partial charge on any atom is -0.497 e. The summed E-state index contributed by atoms with van der Waals surface area (Å²) in [6, 6.07) is 11.8. The second-order valence-corrected chi connectivity index (χ2v) is 5.94. The summed E-state index contributed by atoms with van der Waals surface area (Å²) in [5, 5.41) is 8.74. The van der Waals surface area contributed by atoms with Gasteiger partial charge in [0, 0.05) is 31.4 Å². The fourth-order valence-corrected chi connectivity index (χ4v) is 2.49. The van der Waals surface area contributed by atoms with E-state index in [9.17, 15) is 13.6 Å². The van der Waals surface area contributed by atoms with Crippen molar-refractivity contribution >= 4 is 17.7 Å². The minimum atomic E-state index is -2.92. The van der Waals surface area contributed by atoms with Gasteiger partial charge in [0.2, 0.25) is 0 Å². The highest BCUT2D eigenvalue weighted by molar-refractivity contribution is 5.84. The van der Waals surface area contributed by atoms with E-state index in [0.29, 0.717) is 29.5 Å². The second-order valence-electron chi connectivity index (χ2n) is 5.94. The van der Waals surface area contributed by atoms with Gasteiger partial charge in [-0.2, -0.15) is 8.78 Å². The number of carbonyl (C=O) groups is 1. The van der Waals surface area contributed by atoms with Crippen molar-refractivity contribution in [1.82, 2.24) is 10.6 Å². The lowest BCUT2D eigenvalue weighted by Gasteiger charge is -2.15. The molecule has 2 rings (SSSR count). The van der Waals surface area contributed by atoms with Crippen LogP contribution in [0.1, 0.15) is 11.1 Å². The van der Waals surface area contributed by atoms with Crippen LogP contribution < -0.4 is 25.4 Å². The summed E-state index contributed by atoms with van der Waals surface area (Å²) in [4.78, 5) is 15.3. The Kier molecular flexibility index (Phi) is 8.67. The summed E-state index contributed by atoms with van der Waals surface area (Å²) in [6.45, 7) is -2.27. The predicted molar refractivity (Wildman–Crippen MR) is 109 cm³/mol. The summed E-state index contributed by atoms with van der Waals surface area (Å²) >= 11 is 0. The number of anilines is 1. The Bertz CT molecular complexity index is 860. The van der Waals surface area contributed by atoms with Crippen LogP contribution in [0.3, 0.4) is 0 Å². The van der Waals surface area contributed by atoms with E-state index in [-0.39, 0.29) is 12.3 Å². The quantitative estimate of drug-likeness (QED) is 0.446. The average molecular weight is 422 g/mol. The molecule has 0 heterocycles. The van der Waals surface area contributed by atoms with E-state index < -0.39 is 12.7 Å². The molecule has 0 unspecified atom stereocenters. The molecule has 0 aliphatic rings. The van der Waals surface area contributed by atoms with Gasteiger partial charge in [-0.25, -0.2) is 4.79 Å². The Hall–Kier alpha value is -3.56. The SMILES string of the molecule is CN=C(NCc1ccc(NC(=O)OC)cc1)NCc1cc(OC)ccc1OC(F)F. The highest BCUT2D eigenvalue weighted by atomic mass is 19.3. The molecule has 162 valence electrons. The molecule has 0 spiro atoms. The minimum absolute atomic E-state index is 0.0578. The van der Waals surface area contributed by atoms with Crippen LogP contribution in [-0.2, 0) is 17.8 Å². The van der Waals surface area contributed by atoms with Crippen LogP contribution in [0.5, 0.6) is 11.5 Å². The van der Waals surface area contributed by atoms with Crippen molar-refractivity contribution in [2.75, 3.05) is 26.6 Å². The van der Waals surface area contributed by atoms with Crippen molar-refractivity contribution in [2.45, 2.75) is 19.7 Å². The van der Waals surface area contributed by atoms with Crippen molar-refractivity contribution in [3.63, 3.8) is 0 Å². The molecule has 0 atom stereocenters. The topological polar surface area (TPSA) is 93.2 Å². The van der Waals surface area contributed by atoms with Crippen LogP contribution in [0.4, 0.5) is 19.3 Å². The van der Waals surface area contributed by atoms with Crippen LogP contribution in [0.15, 0.2) is 47.5 Å². The molecular formula is C20H24F2N4O4. The highest BCUT2D eigenvalue weighted by Crippen LogP contribution is 2.25. The van der Waals surface area contributed by atoms with Crippen molar-refractivity contribution in [3.05, 3.63) is 53.6 Å². The van der Waals surface area contributed by atoms with Crippen LogP contribution in [0.25, 0.3) is 0 Å². The van der Waals surface area contributed by atoms with Gasteiger partial charge < -0.3 is 24.8 Å². The van der Waals surface area contributed by atoms with Crippen LogP contribution in [0, 0.1) is 0 Å². The van der Waals surface area contributed by atoms with E-state index >= 15 is 0 Å². The third-order valence-electron chi connectivity index (χ3n) is 4.00. The number of guanidine groups is 1. The first-order chi connectivity index (χ1) is 14.4. The number of amides is 1. The molecule has 0 saturated carbocycles. The number of hydrogen-bond donors (Lipinski definition) is 3. The Balaban J connectivity index is 1.94. The Labute approximate surface area is 173 Å². The molecule has 1 amide bonds. The maximum atomic E-state index is 12.6. The second kappa shape index (κ2) is 11.4. The van der Waals surface area contributed by atoms with E-state index in [1.54, 1.807) is 31.3 Å². The van der Waals surface area contributed by atoms with E-state index in [1.807, 2.05) is 12.1 Å². The molecule has 0 saturated heterocycles. The van der Waals surface area contributed by atoms with Gasteiger partial charge in [-0.15, -0.1) is 0 Å². The Morgan fingerprint density at radius 1 is 1.07 bits per heavy atom. The molecule has 2 aromatic rings. The zero-order valence-electron chi connectivity index (χ0n) is 16.9. The van der Waals surface area contributed by atoms with Gasteiger partial charge in [0.15, 0.2) is 5.96 Å². The lowest BCUT2D eigenvalue weighted by molar-refractivity contribution is -0.0505. The zero-order valence-corrected chi connectivity index (χ0v) is 16.9. The number of halogens is 2. The number of alkyl halides is 2. The Morgan fingerprint density at radius 3 is 2.37 bits per heavy atom. The molecule has 8 nitrogen and oxygen atoms in total. The zero-order chi connectivity index (χ0) is 21.9. The van der Waals surface area contributed by atoms with Crippen molar-refractivity contribution < 1.29 is 27.8 Å². The lowest BCUT2D eigenvalue weighted by atomic mass is 10.2. The fraction of sp³-hybridized carbons (Fsp3) is 0.300. The lowest BCUT2D eigenvalue weighted by Crippen LogP contribution is -2.36. The molecule has 0 aliphatic heterocycles. The first-order valence-corrected chi connectivity index (χ1v) is 8.95. The average Bonchev–Trinajstić information content (AvgIpc) is 2.75. The molecule has 0 radical (unpaired) electrons. The van der Waals surface area contributed by atoms with E-state index in [4.69, 9.17) is 4.74 Å². The third-order valence-corrected chi connectivity index (χ3v) is 4.00. The van der Waals surface area contributed by atoms with Gasteiger partial charge in [0.1, 0.15) is 11.5 Å². The van der Waals surface area contributed by atoms with Gasteiger partial charge in [0.25, 0.3) is 0 Å². The first kappa shape index (κ1) is 22.7. The number of ether oxygens (including phenoxy) is 3. The molecule has 30 heavy (non-hydrogen) atoms. The number of hydrogen-bond acceptors (Lipinski definition) is 5. The summed E-state index contributed by atoms with van der Waals surface area (Å²) in [6.07, 6.45) is -0.543. The molecule has 0 bridgehead atoms. The molecule has 2 aromatic carbocycles. The summed E-state index contributed by atoms with van der Waals surface area (Å²) in [5.74, 6) is 1.05. The van der Waals surface area contributed by atoms with Gasteiger partial charge in [0.05, 0.1) is 14.2 Å². The van der Waals surface area contributed by atoms with Gasteiger partial charge in [-0.3, -0.25) is 10.3 Å². The molecule has 0 fully saturated rings. The first-order valence-electron chi connectivity index (χ1n) is 8.95. The molecule has 3 N–H and O–H groups in total. The van der Waals surface area contributed by atoms with Crippen LogP contribution in [0.2, 0.25) is 0 Å². The van der Waals surface area contributed by atoms with E-state index in [0.717, 1.165) is 5.56 Å². The number of nitrogens with zero attached hydrogens (tertiary/aromatic N) is 1. The van der Waals surface area contributed by atoms with Crippen molar-refractivity contribution in [3.8, 4) is 11.5 Å². The number of carbonyl (C=O) groups excluding carboxylic acids is 1. The normalized spacial score (nSPS) is 11.1. The monoisotopic (exact) mass is 422 g/mol. The maximum Gasteiger partial charge on any atom is 0.411 e. The van der Waals surface area contributed by atoms with Gasteiger partial charge >= 0.3 is 12.7 Å². The predicted octanol–water partition coefficient (Wildman–Crippen LogP) is 3.34. The number of methoxy groups -OCH3 is 2. The molecule has 0 aliphatic carbocycles. The van der Waals surface area contributed by atoms with Crippen LogP contribution in [-0.4, -0.2) is 39.9 Å². The Morgan fingerprint density at radius 2 is 1.77 bits per heavy atom. The summed E-state index contributed by atoms with van der Waals surface area (Å²) in [5.41, 5.74) is 2.05. The van der Waals surface area contributed by atoms with E-state index in [2.05, 4.69) is 30.4 Å². The summed E-state index contributed by atoms with van der Waals surface area (Å²) < 4.78 is 39.5. The van der Waals surface area contributed by atoms with Crippen molar-refractivity contribution in [1.29, 1.82) is 0 Å². The standard InChI is InChI=1S/C20H24F2N4O4/c1-23-19(24-11-13-4-6-15(7-5-13)26-20(27)29-3)25-12-14-10-16(28-2)8-9-17(14)30-18(21)22/h4-10,18H,11-12H2,1-3H3,(H,26,27)(H2,23,24,25). The third kappa shape index (κ3) is 7.12. The molecular weight excluding hydrogens is 398 g/mol. The van der Waals surface area contributed by atoms with Gasteiger partial charge in [-0.05, 0) is 35.9 Å². The highest BCUT2D eigenvalue weighted by Gasteiger charge is 2.11. The number of rotatable bonds is 8. The number of benzene rings is 2. The summed E-state index contributed by atoms with van der Waals surface area (Å²) in [7, 11) is 4.38. The van der Waals surface area contributed by atoms with Crippen molar-refractivity contribution in [2.24, 2.45) is 4.99 Å². The van der Waals surface area contributed by atoms with E-state index in [1.165, 1.54) is 20.3 Å². The smallest absolute Gasteiger partial charge is 0.411 e. The number of aliphatic imine (C=N–C) groups is 1. The maximum absolute atomic E-state index is 12.6. The fourth-order valence-electron chi connectivity index (χ4n) is 2.49. The largest absolute Gasteiger partial charge is 0.497 e. The number of nitrogens with one attached hydrogen (secondary N) is 3. The van der Waals surface area contributed by atoms with Gasteiger partial charge in [-0.1, -0.05) is 12.1 Å². The molecule has 0 aromatic heterocycles. The molecule has 10 heteroatoms. The van der Waals surface area contributed by atoms with Crippen LogP contribution >= 0.6 is 0 Å².